The molecule has 2 atom stereocenters. The highest BCUT2D eigenvalue weighted by atomic mass is 32.2. The van der Waals surface area contributed by atoms with Gasteiger partial charge < -0.3 is 57.3 Å². The zero-order valence-electron chi connectivity index (χ0n) is 43.4. The molecular weight excluding hydrogens is 957 g/mol. The third-order valence-corrected chi connectivity index (χ3v) is 14.3. The first-order valence-corrected chi connectivity index (χ1v) is 26.0. The number of aliphatic imine (C=N–C) groups is 2. The molecular formula is C54H70N6O12S. The highest BCUT2D eigenvalue weighted by Gasteiger charge is 2.36. The Balaban J connectivity index is 1.07. The lowest BCUT2D eigenvalue weighted by atomic mass is 10.1. The molecule has 5 heterocycles. The summed E-state index contributed by atoms with van der Waals surface area (Å²) in [6.07, 6.45) is 11.5. The summed E-state index contributed by atoms with van der Waals surface area (Å²) in [6.45, 7) is 13.2. The highest BCUT2D eigenvalue weighted by Crippen LogP contribution is 2.41. The Morgan fingerprint density at radius 1 is 0.685 bits per heavy atom. The van der Waals surface area contributed by atoms with Gasteiger partial charge in [-0.15, -0.1) is 0 Å². The zero-order chi connectivity index (χ0) is 51.9. The molecule has 3 amide bonds. The van der Waals surface area contributed by atoms with Crippen LogP contribution in [0.2, 0.25) is 0 Å². The molecule has 19 heteroatoms. The van der Waals surface area contributed by atoms with Crippen molar-refractivity contribution in [2.45, 2.75) is 77.0 Å². The van der Waals surface area contributed by atoms with Gasteiger partial charge in [0.05, 0.1) is 119 Å². The van der Waals surface area contributed by atoms with Crippen LogP contribution < -0.4 is 23.7 Å². The van der Waals surface area contributed by atoms with Gasteiger partial charge in [-0.25, -0.2) is 0 Å². The summed E-state index contributed by atoms with van der Waals surface area (Å²) < 4.78 is 52.3. The number of fused-ring (bicyclic) bond motifs is 4. The van der Waals surface area contributed by atoms with E-state index in [9.17, 15) is 14.4 Å². The van der Waals surface area contributed by atoms with E-state index in [-0.39, 0.29) is 67.4 Å². The van der Waals surface area contributed by atoms with E-state index < -0.39 is 0 Å². The number of nitrogens with zero attached hydrogens (tertiary/aromatic N) is 6. The number of carbonyl (C=O) groups is 3. The smallest absolute Gasteiger partial charge is 0.257 e. The lowest BCUT2D eigenvalue weighted by molar-refractivity contribution is -0.133. The molecule has 7 rings (SSSR count). The molecule has 4 aliphatic rings. The number of amides is 3. The standard InChI is InChI=1S/C54H70N6O12S/c1-9-36-21-40-29-55-45-27-49(47(65-6)25-43(45)52(62)59(40)31-36)71-33-38-23-42(70-14-12-58(35-54(3,4)73-8)51(61)11-13-67-17-18-69-20-19-68-16-15-64-5)24-39(57-38)34-72-50-28-46-44(26-48(50)66-7)53(63)60-32-37(10-2)22-41(60)30-56-46/h9-10,23-30,40-41H,11-22,31-35H2,1-8H3/b36-9+,37-10+/t40-,41-/m0/s1. The Hall–Kier alpha value is -5.99. The van der Waals surface area contributed by atoms with Gasteiger partial charge in [0.15, 0.2) is 23.0 Å². The van der Waals surface area contributed by atoms with E-state index in [0.29, 0.717) is 128 Å². The van der Waals surface area contributed by atoms with Crippen molar-refractivity contribution in [1.29, 1.82) is 0 Å². The molecule has 2 saturated heterocycles. The second-order valence-corrected chi connectivity index (χ2v) is 20.0. The molecule has 2 fully saturated rings. The quantitative estimate of drug-likeness (QED) is 0.0543. The van der Waals surface area contributed by atoms with Crippen LogP contribution in [0.1, 0.15) is 79.1 Å². The number of methoxy groups -OCH3 is 3. The van der Waals surface area contributed by atoms with Gasteiger partial charge in [0.25, 0.3) is 11.8 Å². The average molecular weight is 1030 g/mol. The number of benzene rings is 2. The normalized spacial score (nSPS) is 18.1. The predicted molar refractivity (Wildman–Crippen MR) is 280 cm³/mol. The van der Waals surface area contributed by atoms with Gasteiger partial charge >= 0.3 is 0 Å². The minimum atomic E-state index is -0.217. The van der Waals surface area contributed by atoms with E-state index >= 15 is 0 Å². The van der Waals surface area contributed by atoms with Crippen LogP contribution in [0.5, 0.6) is 28.7 Å². The van der Waals surface area contributed by atoms with Crippen molar-refractivity contribution in [1.82, 2.24) is 19.7 Å². The number of hydrogen-bond acceptors (Lipinski definition) is 16. The van der Waals surface area contributed by atoms with Gasteiger partial charge in [-0.3, -0.25) is 29.4 Å². The van der Waals surface area contributed by atoms with Gasteiger partial charge in [-0.2, -0.15) is 11.8 Å². The van der Waals surface area contributed by atoms with E-state index in [0.717, 1.165) is 12.8 Å². The Morgan fingerprint density at radius 3 is 1.64 bits per heavy atom. The lowest BCUT2D eigenvalue weighted by Gasteiger charge is -2.31. The number of pyridine rings is 1. The van der Waals surface area contributed by atoms with Gasteiger partial charge in [0, 0.05) is 68.2 Å². The van der Waals surface area contributed by atoms with Crippen molar-refractivity contribution < 1.29 is 57.0 Å². The van der Waals surface area contributed by atoms with E-state index in [1.54, 1.807) is 55.3 Å². The van der Waals surface area contributed by atoms with Crippen LogP contribution in [-0.4, -0.2) is 173 Å². The van der Waals surface area contributed by atoms with Crippen molar-refractivity contribution >= 4 is 53.3 Å². The molecule has 0 radical (unpaired) electrons. The van der Waals surface area contributed by atoms with Crippen LogP contribution in [0.4, 0.5) is 11.4 Å². The van der Waals surface area contributed by atoms with Crippen molar-refractivity contribution in [2.75, 3.05) is 107 Å². The highest BCUT2D eigenvalue weighted by molar-refractivity contribution is 7.99. The molecule has 18 nitrogen and oxygen atoms in total. The number of carbonyl (C=O) groups excluding carboxylic acids is 3. The Morgan fingerprint density at radius 2 is 1.18 bits per heavy atom. The summed E-state index contributed by atoms with van der Waals surface area (Å²) >= 11 is 1.68. The molecule has 394 valence electrons. The van der Waals surface area contributed by atoms with Gasteiger partial charge in [-0.05, 0) is 58.9 Å². The number of ether oxygens (including phenoxy) is 9. The Kier molecular flexibility index (Phi) is 19.7. The Labute approximate surface area is 433 Å². The van der Waals surface area contributed by atoms with E-state index in [4.69, 9.17) is 57.6 Å². The third kappa shape index (κ3) is 14.4. The van der Waals surface area contributed by atoms with Crippen LogP contribution in [-0.2, 0) is 37.0 Å². The molecule has 0 saturated carbocycles. The maximum atomic E-state index is 13.8. The van der Waals surface area contributed by atoms with Crippen molar-refractivity contribution in [3.63, 3.8) is 0 Å². The zero-order valence-corrected chi connectivity index (χ0v) is 44.3. The summed E-state index contributed by atoms with van der Waals surface area (Å²) in [5.41, 5.74) is 5.23. The van der Waals surface area contributed by atoms with Crippen LogP contribution in [0.25, 0.3) is 0 Å². The third-order valence-electron chi connectivity index (χ3n) is 13.0. The molecule has 73 heavy (non-hydrogen) atoms. The first-order valence-electron chi connectivity index (χ1n) is 24.7. The Bertz CT molecular complexity index is 2410. The number of aromatic nitrogens is 1. The fraction of sp³-hybridized carbons (Fsp3) is 0.519. The summed E-state index contributed by atoms with van der Waals surface area (Å²) in [5.74, 6) is 1.69. The first kappa shape index (κ1) is 54.8. The van der Waals surface area contributed by atoms with Crippen molar-refractivity contribution in [3.8, 4) is 28.7 Å². The fourth-order valence-electron chi connectivity index (χ4n) is 8.77. The van der Waals surface area contributed by atoms with Crippen molar-refractivity contribution in [3.05, 3.63) is 82.2 Å². The largest absolute Gasteiger partial charge is 0.493 e. The molecule has 1 aromatic heterocycles. The molecule has 0 aliphatic carbocycles. The minimum Gasteiger partial charge on any atom is -0.493 e. The summed E-state index contributed by atoms with van der Waals surface area (Å²) in [5, 5.41) is 0. The predicted octanol–water partition coefficient (Wildman–Crippen LogP) is 7.45. The lowest BCUT2D eigenvalue weighted by Crippen LogP contribution is -2.43. The summed E-state index contributed by atoms with van der Waals surface area (Å²) in [4.78, 5) is 61.1. The number of allylic oxidation sites excluding steroid dienone is 2. The second kappa shape index (κ2) is 26.3. The molecule has 0 spiro atoms. The topological polar surface area (TPSA) is 182 Å². The van der Waals surface area contributed by atoms with Gasteiger partial charge in [0.2, 0.25) is 5.91 Å². The molecule has 0 unspecified atom stereocenters. The van der Waals surface area contributed by atoms with Gasteiger partial charge in [0.1, 0.15) is 25.6 Å². The first-order chi connectivity index (χ1) is 35.4. The fourth-order valence-corrected chi connectivity index (χ4v) is 9.06. The molecule has 3 aromatic rings. The maximum Gasteiger partial charge on any atom is 0.257 e. The monoisotopic (exact) mass is 1030 g/mol. The maximum absolute atomic E-state index is 13.8. The second-order valence-electron chi connectivity index (χ2n) is 18.5. The van der Waals surface area contributed by atoms with Crippen LogP contribution in [0.15, 0.2) is 69.7 Å². The number of rotatable bonds is 27. The molecule has 2 aromatic carbocycles. The van der Waals surface area contributed by atoms with Crippen molar-refractivity contribution in [2.24, 2.45) is 9.98 Å². The summed E-state index contributed by atoms with van der Waals surface area (Å²) in [6, 6.07) is 10.1. The summed E-state index contributed by atoms with van der Waals surface area (Å²) in [7, 11) is 4.68. The number of hydrogen-bond donors (Lipinski definition) is 0. The van der Waals surface area contributed by atoms with Crippen LogP contribution in [0.3, 0.4) is 0 Å². The molecule has 0 bridgehead atoms. The van der Waals surface area contributed by atoms with E-state index in [2.05, 4.69) is 26.0 Å². The average Bonchev–Trinajstić information content (AvgIpc) is 3.97. The molecule has 4 aliphatic heterocycles. The van der Waals surface area contributed by atoms with E-state index in [1.165, 1.54) is 25.4 Å². The van der Waals surface area contributed by atoms with E-state index in [1.807, 2.05) is 47.2 Å². The van der Waals surface area contributed by atoms with Gasteiger partial charge in [-0.1, -0.05) is 23.3 Å². The SMILES string of the molecule is C/C=C1\C[C@H]2C=Nc3cc(OCc4cc(OCCN(CC(C)(C)SC)C(=O)CCOCCOCCOCCOC)cc(COc5cc6c(cc5OC)C(=O)N5C/C(=C/C)C[C@H]5C=N6)n4)c(OC)cc3C(=O)N2C1. The minimum absolute atomic E-state index is 0.0122. The number of thioether (sulfide) groups is 1. The van der Waals surface area contributed by atoms with Crippen LogP contribution >= 0.6 is 11.8 Å². The van der Waals surface area contributed by atoms with Crippen LogP contribution in [0, 0.1) is 0 Å². The molecule has 0 N–H and O–H groups in total.